The molecule has 7 nitrogen and oxygen atoms in total. The van der Waals surface area contributed by atoms with E-state index in [4.69, 9.17) is 4.74 Å². The predicted molar refractivity (Wildman–Crippen MR) is 102 cm³/mol. The molecule has 0 bridgehead atoms. The van der Waals surface area contributed by atoms with Crippen LogP contribution >= 0.6 is 0 Å². The smallest absolute Gasteiger partial charge is 0.336 e. The zero-order chi connectivity index (χ0) is 22.0. The molecule has 0 radical (unpaired) electrons. The Labute approximate surface area is 170 Å². The highest BCUT2D eigenvalue weighted by Crippen LogP contribution is 2.38. The lowest BCUT2D eigenvalue weighted by atomic mass is 9.83. The molecule has 156 valence electrons. The lowest BCUT2D eigenvalue weighted by Gasteiger charge is -2.34. The molecule has 30 heavy (non-hydrogen) atoms. The highest BCUT2D eigenvalue weighted by atomic mass is 19.2. The van der Waals surface area contributed by atoms with Gasteiger partial charge in [0.05, 0.1) is 24.2 Å². The summed E-state index contributed by atoms with van der Waals surface area (Å²) in [5, 5.41) is 11.1. The van der Waals surface area contributed by atoms with Gasteiger partial charge >= 0.3 is 5.97 Å². The van der Waals surface area contributed by atoms with Crippen molar-refractivity contribution in [3.05, 3.63) is 86.6 Å². The molecule has 3 rings (SSSR count). The fraction of sp³-hybridized carbons (Fsp3) is 0.238. The molecule has 1 aliphatic rings. The van der Waals surface area contributed by atoms with Crippen LogP contribution in [0.2, 0.25) is 0 Å². The fourth-order valence-electron chi connectivity index (χ4n) is 3.56. The third-order valence-electron chi connectivity index (χ3n) is 5.07. The van der Waals surface area contributed by atoms with Gasteiger partial charge in [-0.2, -0.15) is 0 Å². The standard InChI is InChI=1S/C21H18F2N2O5/c1-12-19(21(27)30-2)16(13-5-3-7-15(9-13)25(28)29)10-18(26)24(12)11-14-6-4-8-17(22)20(14)23/h3-9,16H,10-11H2,1-2H3/t16-/m0/s1. The summed E-state index contributed by atoms with van der Waals surface area (Å²) in [7, 11) is 1.18. The predicted octanol–water partition coefficient (Wildman–Crippen LogP) is 3.84. The second-order valence-corrected chi connectivity index (χ2v) is 6.79. The third kappa shape index (κ3) is 3.91. The molecule has 0 aliphatic carbocycles. The van der Waals surface area contributed by atoms with Crippen LogP contribution in [0.15, 0.2) is 53.7 Å². The summed E-state index contributed by atoms with van der Waals surface area (Å²) in [6.07, 6.45) is -0.181. The van der Waals surface area contributed by atoms with Gasteiger partial charge in [0.15, 0.2) is 11.6 Å². The van der Waals surface area contributed by atoms with Crippen LogP contribution in [-0.4, -0.2) is 28.8 Å². The summed E-state index contributed by atoms with van der Waals surface area (Å²) >= 11 is 0. The van der Waals surface area contributed by atoms with Gasteiger partial charge in [-0.15, -0.1) is 0 Å². The summed E-state index contributed by atoms with van der Waals surface area (Å²) < 4.78 is 32.5. The molecule has 0 aromatic heterocycles. The largest absolute Gasteiger partial charge is 0.466 e. The first-order chi connectivity index (χ1) is 14.2. The lowest BCUT2D eigenvalue weighted by molar-refractivity contribution is -0.384. The van der Waals surface area contributed by atoms with Crippen molar-refractivity contribution in [2.24, 2.45) is 0 Å². The Bertz CT molecular complexity index is 1070. The van der Waals surface area contributed by atoms with Crippen molar-refractivity contribution < 1.29 is 28.0 Å². The number of rotatable bonds is 5. The summed E-state index contributed by atoms with van der Waals surface area (Å²) in [4.78, 5) is 37.1. The number of non-ortho nitro benzene ring substituents is 1. The van der Waals surface area contributed by atoms with Crippen LogP contribution in [0.1, 0.15) is 30.4 Å². The number of carbonyl (C=O) groups excluding carboxylic acids is 2. The van der Waals surface area contributed by atoms with E-state index >= 15 is 0 Å². The maximum absolute atomic E-state index is 14.1. The van der Waals surface area contributed by atoms with E-state index in [1.165, 1.54) is 49.3 Å². The molecule has 0 N–H and O–H groups in total. The molecule has 2 aromatic carbocycles. The maximum Gasteiger partial charge on any atom is 0.336 e. The van der Waals surface area contributed by atoms with Crippen molar-refractivity contribution in [1.29, 1.82) is 0 Å². The van der Waals surface area contributed by atoms with Crippen molar-refractivity contribution >= 4 is 17.6 Å². The second-order valence-electron chi connectivity index (χ2n) is 6.79. The zero-order valence-electron chi connectivity index (χ0n) is 16.2. The van der Waals surface area contributed by atoms with Gasteiger partial charge in [0, 0.05) is 35.7 Å². The van der Waals surface area contributed by atoms with E-state index < -0.39 is 34.4 Å². The number of hydrogen-bond donors (Lipinski definition) is 0. The monoisotopic (exact) mass is 416 g/mol. The van der Waals surface area contributed by atoms with E-state index in [1.807, 2.05) is 0 Å². The molecule has 0 unspecified atom stereocenters. The minimum absolute atomic E-state index is 0.0410. The normalized spacial score (nSPS) is 16.6. The molecule has 1 aliphatic heterocycles. The summed E-state index contributed by atoms with van der Waals surface area (Å²) in [6.45, 7) is 1.24. The average Bonchev–Trinajstić information content (AvgIpc) is 2.73. The molecule has 2 aromatic rings. The number of methoxy groups -OCH3 is 1. The molecule has 9 heteroatoms. The maximum atomic E-state index is 14.1. The number of halogens is 2. The Morgan fingerprint density at radius 1 is 1.27 bits per heavy atom. The third-order valence-corrected chi connectivity index (χ3v) is 5.07. The van der Waals surface area contributed by atoms with Crippen LogP contribution in [0, 0.1) is 21.7 Å². The molecule has 1 amide bonds. The highest BCUT2D eigenvalue weighted by molar-refractivity contribution is 5.95. The topological polar surface area (TPSA) is 89.8 Å². The Kier molecular flexibility index (Phi) is 5.91. The second kappa shape index (κ2) is 8.40. The Morgan fingerprint density at radius 3 is 2.63 bits per heavy atom. The van der Waals surface area contributed by atoms with Crippen LogP contribution in [-0.2, 0) is 20.9 Å². The van der Waals surface area contributed by atoms with Gasteiger partial charge in [0.1, 0.15) is 0 Å². The van der Waals surface area contributed by atoms with Crippen molar-refractivity contribution in [2.45, 2.75) is 25.8 Å². The lowest BCUT2D eigenvalue weighted by Crippen LogP contribution is -2.38. The highest BCUT2D eigenvalue weighted by Gasteiger charge is 2.37. The number of carbonyl (C=O) groups is 2. The van der Waals surface area contributed by atoms with E-state index in [1.54, 1.807) is 6.07 Å². The van der Waals surface area contributed by atoms with Gasteiger partial charge < -0.3 is 9.64 Å². The number of ether oxygens (including phenoxy) is 1. The van der Waals surface area contributed by atoms with Crippen LogP contribution < -0.4 is 0 Å². The van der Waals surface area contributed by atoms with E-state index in [2.05, 4.69) is 0 Å². The molecule has 0 fully saturated rings. The van der Waals surface area contributed by atoms with E-state index in [0.29, 0.717) is 5.56 Å². The van der Waals surface area contributed by atoms with Crippen molar-refractivity contribution in [1.82, 2.24) is 4.90 Å². The number of amides is 1. The van der Waals surface area contributed by atoms with Gasteiger partial charge in [0.2, 0.25) is 5.91 Å². The molecule has 0 spiro atoms. The molecule has 1 heterocycles. The minimum Gasteiger partial charge on any atom is -0.466 e. The Balaban J connectivity index is 2.07. The van der Waals surface area contributed by atoms with Crippen molar-refractivity contribution in [2.75, 3.05) is 7.11 Å². The van der Waals surface area contributed by atoms with E-state index in [-0.39, 0.29) is 35.5 Å². The number of hydrogen-bond acceptors (Lipinski definition) is 5. The summed E-state index contributed by atoms with van der Waals surface area (Å²) in [5.74, 6) is -4.01. The first kappa shape index (κ1) is 21.1. The van der Waals surface area contributed by atoms with Gasteiger partial charge in [-0.05, 0) is 18.6 Å². The van der Waals surface area contributed by atoms with Crippen molar-refractivity contribution in [3.8, 4) is 0 Å². The summed E-state index contributed by atoms with van der Waals surface area (Å²) in [5.41, 5.74) is 0.549. The van der Waals surface area contributed by atoms with Crippen LogP contribution in [0.5, 0.6) is 0 Å². The quantitative estimate of drug-likeness (QED) is 0.420. The van der Waals surface area contributed by atoms with Gasteiger partial charge in [-0.1, -0.05) is 24.3 Å². The van der Waals surface area contributed by atoms with E-state index in [9.17, 15) is 28.5 Å². The molecular weight excluding hydrogens is 398 g/mol. The number of benzene rings is 2. The number of allylic oxidation sites excluding steroid dienone is 1. The fourth-order valence-corrected chi connectivity index (χ4v) is 3.56. The minimum atomic E-state index is -1.07. The van der Waals surface area contributed by atoms with Crippen LogP contribution in [0.25, 0.3) is 0 Å². The number of nitro groups is 1. The average molecular weight is 416 g/mol. The van der Waals surface area contributed by atoms with Gasteiger partial charge in [-0.3, -0.25) is 14.9 Å². The van der Waals surface area contributed by atoms with Crippen LogP contribution in [0.3, 0.4) is 0 Å². The Morgan fingerprint density at radius 2 is 1.97 bits per heavy atom. The SMILES string of the molecule is COC(=O)C1=C(C)N(Cc2cccc(F)c2F)C(=O)C[C@H]1c1cccc([N+](=O)[O-])c1. The molecule has 0 saturated heterocycles. The van der Waals surface area contributed by atoms with Gasteiger partial charge in [0.25, 0.3) is 5.69 Å². The first-order valence-electron chi connectivity index (χ1n) is 9.01. The molecule has 0 saturated carbocycles. The summed E-state index contributed by atoms with van der Waals surface area (Å²) in [6, 6.07) is 9.31. The van der Waals surface area contributed by atoms with E-state index in [0.717, 1.165) is 6.07 Å². The molecule has 1 atom stereocenters. The number of esters is 1. The Hall–Kier alpha value is -3.62. The number of nitro benzene ring substituents is 1. The molecular formula is C21H18F2N2O5. The van der Waals surface area contributed by atoms with Crippen molar-refractivity contribution in [3.63, 3.8) is 0 Å². The number of nitrogens with zero attached hydrogens (tertiary/aromatic N) is 2. The zero-order valence-corrected chi connectivity index (χ0v) is 16.2. The van der Waals surface area contributed by atoms with Gasteiger partial charge in [-0.25, -0.2) is 13.6 Å². The van der Waals surface area contributed by atoms with Crippen LogP contribution in [0.4, 0.5) is 14.5 Å². The first-order valence-corrected chi connectivity index (χ1v) is 9.01.